The van der Waals surface area contributed by atoms with Gasteiger partial charge in [0.2, 0.25) is 0 Å². The van der Waals surface area contributed by atoms with Crippen molar-refractivity contribution in [3.63, 3.8) is 0 Å². The molecule has 17 heavy (non-hydrogen) atoms. The van der Waals surface area contributed by atoms with Crippen molar-refractivity contribution >= 4 is 28.9 Å². The highest BCUT2D eigenvalue weighted by molar-refractivity contribution is 6.43. The molecule has 0 atom stereocenters. The Balaban J connectivity index is 2.61. The van der Waals surface area contributed by atoms with Crippen molar-refractivity contribution in [1.82, 2.24) is 0 Å². The fourth-order valence-electron chi connectivity index (χ4n) is 1.46. The zero-order valence-corrected chi connectivity index (χ0v) is 11.6. The molecule has 0 saturated carbocycles. The maximum absolute atomic E-state index is 8.59. The Morgan fingerprint density at radius 3 is 2.71 bits per heavy atom. The molecule has 0 aromatic heterocycles. The Hall–Kier alpha value is -0.910. The summed E-state index contributed by atoms with van der Waals surface area (Å²) < 4.78 is 0. The molecular weight excluding hydrogens is 255 g/mol. The van der Waals surface area contributed by atoms with Gasteiger partial charge in [-0.2, -0.15) is 5.26 Å². The van der Waals surface area contributed by atoms with Gasteiger partial charge in [0.15, 0.2) is 0 Å². The number of rotatable bonds is 5. The molecule has 2 nitrogen and oxygen atoms in total. The summed E-state index contributed by atoms with van der Waals surface area (Å²) in [7, 11) is 0. The first-order valence-corrected chi connectivity index (χ1v) is 6.27. The first-order valence-electron chi connectivity index (χ1n) is 5.51. The van der Waals surface area contributed by atoms with Crippen molar-refractivity contribution < 1.29 is 0 Å². The van der Waals surface area contributed by atoms with Crippen LogP contribution in [0.25, 0.3) is 0 Å². The lowest BCUT2D eigenvalue weighted by molar-refractivity contribution is 0.364. The van der Waals surface area contributed by atoms with Crippen LogP contribution in [0.5, 0.6) is 0 Å². The number of nitrogens with one attached hydrogen (secondary N) is 1. The maximum atomic E-state index is 8.59. The van der Waals surface area contributed by atoms with E-state index in [9.17, 15) is 0 Å². The highest BCUT2D eigenvalue weighted by atomic mass is 35.5. The van der Waals surface area contributed by atoms with Crippen molar-refractivity contribution in [3.05, 3.63) is 28.2 Å². The molecule has 4 heteroatoms. The molecule has 1 aromatic carbocycles. The Kier molecular flexibility index (Phi) is 5.11. The van der Waals surface area contributed by atoms with E-state index in [1.54, 1.807) is 6.07 Å². The molecule has 92 valence electrons. The minimum atomic E-state index is 0.0569. The van der Waals surface area contributed by atoms with E-state index in [-0.39, 0.29) is 5.41 Å². The zero-order valence-electron chi connectivity index (χ0n) is 10.1. The molecular formula is C13H16Cl2N2. The van der Waals surface area contributed by atoms with Crippen LogP contribution in [0.1, 0.15) is 26.7 Å². The lowest BCUT2D eigenvalue weighted by Gasteiger charge is -2.24. The van der Waals surface area contributed by atoms with Gasteiger partial charge in [-0.15, -0.1) is 0 Å². The summed E-state index contributed by atoms with van der Waals surface area (Å²) in [4.78, 5) is 0. The number of anilines is 1. The summed E-state index contributed by atoms with van der Waals surface area (Å²) in [5, 5.41) is 13.0. The predicted molar refractivity (Wildman–Crippen MR) is 73.6 cm³/mol. The van der Waals surface area contributed by atoms with Crippen LogP contribution in [0, 0.1) is 16.7 Å². The Bertz CT molecular complexity index is 422. The molecule has 1 N–H and O–H groups in total. The third-order valence-corrected chi connectivity index (χ3v) is 3.44. The quantitative estimate of drug-likeness (QED) is 0.839. The number of nitriles is 1. The third kappa shape index (κ3) is 4.46. The molecule has 0 aliphatic heterocycles. The topological polar surface area (TPSA) is 35.8 Å². The van der Waals surface area contributed by atoms with E-state index in [0.29, 0.717) is 16.5 Å². The summed E-state index contributed by atoms with van der Waals surface area (Å²) in [6.07, 6.45) is 1.42. The smallest absolute Gasteiger partial charge is 0.0823 e. The Morgan fingerprint density at radius 1 is 1.35 bits per heavy atom. The van der Waals surface area contributed by atoms with E-state index in [1.165, 1.54) is 0 Å². The van der Waals surface area contributed by atoms with Crippen molar-refractivity contribution in [2.75, 3.05) is 11.9 Å². The van der Waals surface area contributed by atoms with E-state index >= 15 is 0 Å². The molecule has 0 spiro atoms. The maximum Gasteiger partial charge on any atom is 0.0823 e. The van der Waals surface area contributed by atoms with Crippen LogP contribution < -0.4 is 5.32 Å². The summed E-state index contributed by atoms with van der Waals surface area (Å²) in [6.45, 7) is 5.00. The Morgan fingerprint density at radius 2 is 2.06 bits per heavy atom. The van der Waals surface area contributed by atoms with E-state index in [1.807, 2.05) is 12.1 Å². The molecule has 0 aliphatic carbocycles. The van der Waals surface area contributed by atoms with E-state index in [4.69, 9.17) is 28.5 Å². The molecule has 0 radical (unpaired) electrons. The third-order valence-electron chi connectivity index (χ3n) is 2.62. The fraction of sp³-hybridized carbons (Fsp3) is 0.462. The van der Waals surface area contributed by atoms with E-state index in [2.05, 4.69) is 25.2 Å². The lowest BCUT2D eigenvalue weighted by Crippen LogP contribution is -2.23. The normalized spacial score (nSPS) is 11.0. The van der Waals surface area contributed by atoms with Gasteiger partial charge >= 0.3 is 0 Å². The molecule has 0 aliphatic rings. The van der Waals surface area contributed by atoms with Crippen molar-refractivity contribution in [1.29, 1.82) is 5.26 Å². The number of hydrogen-bond donors (Lipinski definition) is 1. The van der Waals surface area contributed by atoms with Crippen molar-refractivity contribution in [2.24, 2.45) is 5.41 Å². The fourth-order valence-corrected chi connectivity index (χ4v) is 1.82. The summed E-state index contributed by atoms with van der Waals surface area (Å²) in [6, 6.07) is 7.68. The summed E-state index contributed by atoms with van der Waals surface area (Å²) in [5.74, 6) is 0. The predicted octanol–water partition coefficient (Wildman–Crippen LogP) is 4.74. The molecule has 0 heterocycles. The van der Waals surface area contributed by atoms with Crippen molar-refractivity contribution in [2.45, 2.75) is 26.7 Å². The first kappa shape index (κ1) is 14.2. The van der Waals surface area contributed by atoms with Crippen LogP contribution in [0.15, 0.2) is 18.2 Å². The zero-order chi connectivity index (χ0) is 12.9. The second-order valence-electron chi connectivity index (χ2n) is 4.78. The van der Waals surface area contributed by atoms with E-state index in [0.717, 1.165) is 18.7 Å². The summed E-state index contributed by atoms with van der Waals surface area (Å²) >= 11 is 12.0. The van der Waals surface area contributed by atoms with Crippen LogP contribution >= 0.6 is 23.2 Å². The number of halogens is 2. The highest BCUT2D eigenvalue weighted by Gasteiger charge is 2.17. The van der Waals surface area contributed by atoms with Crippen LogP contribution in [0.3, 0.4) is 0 Å². The van der Waals surface area contributed by atoms with Gasteiger partial charge in [-0.3, -0.25) is 0 Å². The first-order chi connectivity index (χ1) is 7.96. The van der Waals surface area contributed by atoms with Crippen LogP contribution in [0.4, 0.5) is 5.69 Å². The standard InChI is InChI=1S/C13H16Cl2N2/c1-13(2,7-4-8-16)9-17-11-6-3-5-10(14)12(11)15/h3,5-6,17H,4,7,9H2,1-2H3. The molecule has 1 rings (SSSR count). The van der Waals surface area contributed by atoms with Gasteiger partial charge in [-0.05, 0) is 24.0 Å². The SMILES string of the molecule is CC(C)(CCC#N)CNc1cccc(Cl)c1Cl. The number of benzene rings is 1. The second kappa shape index (κ2) is 6.14. The van der Waals surface area contributed by atoms with Gasteiger partial charge in [0.1, 0.15) is 0 Å². The monoisotopic (exact) mass is 270 g/mol. The average Bonchev–Trinajstić information content (AvgIpc) is 2.29. The van der Waals surface area contributed by atoms with Crippen LogP contribution in [-0.4, -0.2) is 6.54 Å². The Labute approximate surface area is 113 Å². The highest BCUT2D eigenvalue weighted by Crippen LogP contribution is 2.31. The lowest BCUT2D eigenvalue weighted by atomic mass is 9.88. The van der Waals surface area contributed by atoms with Gasteiger partial charge in [-0.25, -0.2) is 0 Å². The molecule has 0 bridgehead atoms. The van der Waals surface area contributed by atoms with Gasteiger partial charge in [-0.1, -0.05) is 43.1 Å². The minimum Gasteiger partial charge on any atom is -0.383 e. The van der Waals surface area contributed by atoms with Crippen LogP contribution in [-0.2, 0) is 0 Å². The second-order valence-corrected chi connectivity index (χ2v) is 5.56. The van der Waals surface area contributed by atoms with E-state index < -0.39 is 0 Å². The molecule has 0 unspecified atom stereocenters. The molecule has 0 fully saturated rings. The van der Waals surface area contributed by atoms with Crippen molar-refractivity contribution in [3.8, 4) is 6.07 Å². The summed E-state index contributed by atoms with van der Waals surface area (Å²) in [5.41, 5.74) is 0.894. The van der Waals surface area contributed by atoms with Gasteiger partial charge in [0.05, 0.1) is 21.8 Å². The molecule has 0 saturated heterocycles. The molecule has 0 amide bonds. The van der Waals surface area contributed by atoms with Gasteiger partial charge < -0.3 is 5.32 Å². The number of nitrogens with zero attached hydrogens (tertiary/aromatic N) is 1. The average molecular weight is 271 g/mol. The van der Waals surface area contributed by atoms with Gasteiger partial charge in [0.25, 0.3) is 0 Å². The largest absolute Gasteiger partial charge is 0.383 e. The molecule has 1 aromatic rings. The van der Waals surface area contributed by atoms with Gasteiger partial charge in [0, 0.05) is 13.0 Å². The minimum absolute atomic E-state index is 0.0569. The van der Waals surface area contributed by atoms with Crippen LogP contribution in [0.2, 0.25) is 10.0 Å². The number of hydrogen-bond acceptors (Lipinski definition) is 2.